The average molecular weight is 583 g/mol. The first-order chi connectivity index (χ1) is 20.4. The highest BCUT2D eigenvalue weighted by atomic mass is 32.1. The molecule has 6 rings (SSSR count). The monoisotopic (exact) mass is 582 g/mol. The summed E-state index contributed by atoms with van der Waals surface area (Å²) in [5.74, 6) is 0.192. The topological polar surface area (TPSA) is 69.5 Å². The fourth-order valence-electron chi connectivity index (χ4n) is 6.18. The first kappa shape index (κ1) is 28.5. The van der Waals surface area contributed by atoms with Crippen LogP contribution in [0.2, 0.25) is 0 Å². The second kappa shape index (κ2) is 12.0. The molecule has 1 atom stereocenters. The molecule has 0 N–H and O–H groups in total. The summed E-state index contributed by atoms with van der Waals surface area (Å²) in [6, 6.07) is 17.2. The predicted octanol–water partition coefficient (Wildman–Crippen LogP) is 6.68. The molecular formula is C34H38N4O3S. The summed E-state index contributed by atoms with van der Waals surface area (Å²) in [6.45, 7) is 10.1. The highest BCUT2D eigenvalue weighted by molar-refractivity contribution is 7.22. The van der Waals surface area contributed by atoms with E-state index in [1.54, 1.807) is 18.4 Å². The van der Waals surface area contributed by atoms with Crippen LogP contribution in [0.15, 0.2) is 48.5 Å². The Morgan fingerprint density at radius 1 is 1.10 bits per heavy atom. The Morgan fingerprint density at radius 3 is 2.64 bits per heavy atom. The smallest absolute Gasteiger partial charge is 0.310 e. The van der Waals surface area contributed by atoms with Gasteiger partial charge in [0, 0.05) is 49.7 Å². The van der Waals surface area contributed by atoms with Crippen LogP contribution in [0, 0.1) is 13.8 Å². The van der Waals surface area contributed by atoms with Gasteiger partial charge in [0.15, 0.2) is 0 Å². The number of rotatable bonds is 9. The minimum Gasteiger partial charge on any atom is -0.466 e. The zero-order valence-corrected chi connectivity index (χ0v) is 25.9. The van der Waals surface area contributed by atoms with Gasteiger partial charge in [-0.15, -0.1) is 11.3 Å². The molecule has 1 aliphatic rings. The Balaban J connectivity index is 1.44. The van der Waals surface area contributed by atoms with E-state index in [-0.39, 0.29) is 12.4 Å². The molecule has 0 saturated carbocycles. The van der Waals surface area contributed by atoms with Gasteiger partial charge < -0.3 is 14.4 Å². The van der Waals surface area contributed by atoms with Crippen molar-refractivity contribution in [2.75, 3.05) is 40.0 Å². The number of thiazole rings is 1. The van der Waals surface area contributed by atoms with Crippen LogP contribution >= 0.6 is 11.3 Å². The molecule has 0 aliphatic carbocycles. The van der Waals surface area contributed by atoms with Gasteiger partial charge in [-0.3, -0.25) is 9.48 Å². The minimum absolute atomic E-state index is 0.208. The van der Waals surface area contributed by atoms with Crippen molar-refractivity contribution in [3.8, 4) is 21.7 Å². The minimum atomic E-state index is -0.208. The number of hydrogen-bond donors (Lipinski definition) is 0. The summed E-state index contributed by atoms with van der Waals surface area (Å²) in [5.41, 5.74) is 9.76. The van der Waals surface area contributed by atoms with Crippen LogP contribution in [-0.4, -0.2) is 65.6 Å². The lowest BCUT2D eigenvalue weighted by atomic mass is 9.93. The molecule has 5 aromatic rings. The van der Waals surface area contributed by atoms with Gasteiger partial charge in [0.05, 0.1) is 41.1 Å². The highest BCUT2D eigenvalue weighted by Gasteiger charge is 2.28. The third-order valence-electron chi connectivity index (χ3n) is 8.37. The first-order valence-electron chi connectivity index (χ1n) is 14.7. The molecule has 1 saturated heterocycles. The van der Waals surface area contributed by atoms with E-state index >= 15 is 0 Å². The number of esters is 1. The second-order valence-corrected chi connectivity index (χ2v) is 12.3. The largest absolute Gasteiger partial charge is 0.466 e. The van der Waals surface area contributed by atoms with Crippen LogP contribution in [0.25, 0.3) is 42.8 Å². The summed E-state index contributed by atoms with van der Waals surface area (Å²) >= 11 is 1.69. The van der Waals surface area contributed by atoms with Crippen molar-refractivity contribution in [2.24, 2.45) is 7.05 Å². The lowest BCUT2D eigenvalue weighted by molar-refractivity contribution is -0.142. The van der Waals surface area contributed by atoms with Crippen LogP contribution in [-0.2, 0) is 27.7 Å². The van der Waals surface area contributed by atoms with Gasteiger partial charge in [0.1, 0.15) is 5.01 Å². The number of carbonyl (C=O) groups is 1. The zero-order chi connectivity index (χ0) is 29.4. The molecule has 2 aromatic heterocycles. The molecule has 42 heavy (non-hydrogen) atoms. The van der Waals surface area contributed by atoms with Crippen molar-refractivity contribution in [3.05, 3.63) is 70.9 Å². The molecule has 7 nitrogen and oxygen atoms in total. The van der Waals surface area contributed by atoms with Crippen LogP contribution in [0.4, 0.5) is 0 Å². The molecule has 3 heterocycles. The SMILES string of the molecule is CCOC(=O)Cc1c(C)cc2nc(-c3ccc4c(c3)c(C3CCN(CCOC)C3)nn4C)sc2c1-c1ccc(C)cc1. The van der Waals surface area contributed by atoms with E-state index in [1.165, 1.54) is 16.6 Å². The van der Waals surface area contributed by atoms with Gasteiger partial charge in [0.2, 0.25) is 0 Å². The highest BCUT2D eigenvalue weighted by Crippen LogP contribution is 2.42. The molecule has 3 aromatic carbocycles. The summed E-state index contributed by atoms with van der Waals surface area (Å²) in [4.78, 5) is 20.3. The van der Waals surface area contributed by atoms with E-state index in [2.05, 4.69) is 67.3 Å². The van der Waals surface area contributed by atoms with Crippen molar-refractivity contribution in [2.45, 2.75) is 39.5 Å². The molecule has 8 heteroatoms. The van der Waals surface area contributed by atoms with Gasteiger partial charge in [-0.05, 0) is 74.7 Å². The molecule has 0 bridgehead atoms. The van der Waals surface area contributed by atoms with Gasteiger partial charge in [-0.1, -0.05) is 29.8 Å². The van der Waals surface area contributed by atoms with Crippen molar-refractivity contribution >= 4 is 38.4 Å². The Labute approximate surface area is 251 Å². The number of carbonyl (C=O) groups excluding carboxylic acids is 1. The number of aromatic nitrogens is 3. The molecule has 0 spiro atoms. The second-order valence-electron chi connectivity index (χ2n) is 11.3. The Hall–Kier alpha value is -3.59. The fourth-order valence-corrected chi connectivity index (χ4v) is 7.31. The maximum atomic E-state index is 12.7. The summed E-state index contributed by atoms with van der Waals surface area (Å²) in [6.07, 6.45) is 1.34. The maximum Gasteiger partial charge on any atom is 0.310 e. The molecule has 1 fully saturated rings. The van der Waals surface area contributed by atoms with E-state index in [9.17, 15) is 4.79 Å². The van der Waals surface area contributed by atoms with E-state index in [1.807, 2.05) is 18.7 Å². The third-order valence-corrected chi connectivity index (χ3v) is 9.51. The van der Waals surface area contributed by atoms with E-state index in [4.69, 9.17) is 19.6 Å². The molecular weight excluding hydrogens is 544 g/mol. The first-order valence-corrected chi connectivity index (χ1v) is 15.5. The van der Waals surface area contributed by atoms with E-state index in [0.29, 0.717) is 12.5 Å². The number of methoxy groups -OCH3 is 1. The van der Waals surface area contributed by atoms with Crippen LogP contribution in [0.3, 0.4) is 0 Å². The molecule has 0 radical (unpaired) electrons. The number of benzene rings is 3. The Bertz CT molecular complexity index is 1750. The third kappa shape index (κ3) is 5.46. The van der Waals surface area contributed by atoms with Gasteiger partial charge in [-0.25, -0.2) is 4.98 Å². The average Bonchev–Trinajstić information content (AvgIpc) is 3.70. The number of fused-ring (bicyclic) bond motifs is 2. The summed E-state index contributed by atoms with van der Waals surface area (Å²) < 4.78 is 13.8. The van der Waals surface area contributed by atoms with Gasteiger partial charge in [-0.2, -0.15) is 5.10 Å². The number of aryl methyl sites for hydroxylation is 3. The van der Waals surface area contributed by atoms with Crippen molar-refractivity contribution in [1.29, 1.82) is 0 Å². The van der Waals surface area contributed by atoms with Crippen molar-refractivity contribution < 1.29 is 14.3 Å². The standard InChI is InChI=1S/C34H38N4O3S/c1-6-41-30(39)19-26-22(3)17-28-33(31(26)23-9-7-21(2)8-10-23)42-34(35-28)24-11-12-29-27(18-24)32(36-37(29)4)25-13-14-38(20-25)15-16-40-5/h7-12,17-18,25H,6,13-16,19-20H2,1-5H3. The fraction of sp³-hybridized carbons (Fsp3) is 0.382. The molecule has 1 unspecified atom stereocenters. The van der Waals surface area contributed by atoms with Crippen molar-refractivity contribution in [1.82, 2.24) is 19.7 Å². The normalized spacial score (nSPS) is 15.7. The summed E-state index contributed by atoms with van der Waals surface area (Å²) in [7, 11) is 3.79. The molecule has 1 aliphatic heterocycles. The maximum absolute atomic E-state index is 12.7. The lowest BCUT2D eigenvalue weighted by Crippen LogP contribution is -2.24. The molecule has 218 valence electrons. The van der Waals surface area contributed by atoms with Crippen LogP contribution in [0.1, 0.15) is 41.6 Å². The van der Waals surface area contributed by atoms with Gasteiger partial charge >= 0.3 is 5.97 Å². The molecule has 0 amide bonds. The van der Waals surface area contributed by atoms with Crippen molar-refractivity contribution in [3.63, 3.8) is 0 Å². The number of hydrogen-bond acceptors (Lipinski definition) is 7. The van der Waals surface area contributed by atoms with E-state index in [0.717, 1.165) is 81.2 Å². The number of nitrogens with zero attached hydrogens (tertiary/aromatic N) is 4. The van der Waals surface area contributed by atoms with Crippen LogP contribution in [0.5, 0.6) is 0 Å². The Morgan fingerprint density at radius 2 is 1.88 bits per heavy atom. The van der Waals surface area contributed by atoms with E-state index < -0.39 is 0 Å². The van der Waals surface area contributed by atoms with Gasteiger partial charge in [0.25, 0.3) is 0 Å². The Kier molecular flexibility index (Phi) is 8.12. The number of ether oxygens (including phenoxy) is 2. The predicted molar refractivity (Wildman–Crippen MR) is 170 cm³/mol. The van der Waals surface area contributed by atoms with Crippen LogP contribution < -0.4 is 0 Å². The number of likely N-dealkylation sites (tertiary alicyclic amines) is 1. The zero-order valence-electron chi connectivity index (χ0n) is 25.1. The summed E-state index contributed by atoms with van der Waals surface area (Å²) in [5, 5.41) is 7.16. The lowest BCUT2D eigenvalue weighted by Gasteiger charge is -2.14. The quantitative estimate of drug-likeness (QED) is 0.181.